The predicted molar refractivity (Wildman–Crippen MR) is 114 cm³/mol. The van der Waals surface area contributed by atoms with E-state index in [1.165, 1.54) is 33.5 Å². The lowest BCUT2D eigenvalue weighted by atomic mass is 9.95. The highest BCUT2D eigenvalue weighted by molar-refractivity contribution is 7.93. The molecule has 1 atom stereocenters. The summed E-state index contributed by atoms with van der Waals surface area (Å²) in [6, 6.07) is 6.02. The average Bonchev–Trinajstić information content (AvgIpc) is 3.19. The number of ether oxygens (including phenoxy) is 3. The second-order valence-electron chi connectivity index (χ2n) is 6.35. The number of sulfone groups is 1. The molecule has 1 aliphatic heterocycles. The van der Waals surface area contributed by atoms with Gasteiger partial charge in [-0.1, -0.05) is 17.7 Å². The van der Waals surface area contributed by atoms with Crippen LogP contribution in [0.1, 0.15) is 11.6 Å². The fourth-order valence-electron chi connectivity index (χ4n) is 3.09. The number of benzene rings is 1. The van der Waals surface area contributed by atoms with Crippen molar-refractivity contribution in [3.63, 3.8) is 0 Å². The van der Waals surface area contributed by atoms with Gasteiger partial charge in [0.15, 0.2) is 21.3 Å². The van der Waals surface area contributed by atoms with Crippen LogP contribution in [0.4, 0.5) is 4.79 Å². The van der Waals surface area contributed by atoms with Crippen LogP contribution in [0, 0.1) is 0 Å². The molecule has 12 heteroatoms. The van der Waals surface area contributed by atoms with Crippen LogP contribution in [0.2, 0.25) is 4.34 Å². The van der Waals surface area contributed by atoms with Gasteiger partial charge in [-0.05, 0) is 29.8 Å². The number of thiophene rings is 1. The van der Waals surface area contributed by atoms with Gasteiger partial charge < -0.3 is 24.8 Å². The molecule has 1 aliphatic rings. The molecule has 1 aromatic heterocycles. The molecule has 2 aromatic rings. The molecule has 2 amide bonds. The average molecular weight is 487 g/mol. The second kappa shape index (κ2) is 9.16. The van der Waals surface area contributed by atoms with Crippen LogP contribution in [0.3, 0.4) is 0 Å². The molecule has 31 heavy (non-hydrogen) atoms. The van der Waals surface area contributed by atoms with E-state index >= 15 is 0 Å². The van der Waals surface area contributed by atoms with Gasteiger partial charge >= 0.3 is 12.0 Å². The van der Waals surface area contributed by atoms with Crippen LogP contribution in [0.25, 0.3) is 0 Å². The Bertz CT molecular complexity index is 1160. The maximum atomic E-state index is 12.9. The van der Waals surface area contributed by atoms with Crippen LogP contribution >= 0.6 is 22.9 Å². The zero-order valence-electron chi connectivity index (χ0n) is 16.7. The molecular formula is C19H19ClN2O7S2. The lowest BCUT2D eigenvalue weighted by Gasteiger charge is -2.29. The molecule has 0 saturated carbocycles. The van der Waals surface area contributed by atoms with Crippen molar-refractivity contribution < 1.29 is 32.2 Å². The van der Waals surface area contributed by atoms with Gasteiger partial charge in [0.2, 0.25) is 0 Å². The number of urea groups is 1. The Labute approximate surface area is 187 Å². The monoisotopic (exact) mass is 486 g/mol. The topological polar surface area (TPSA) is 120 Å². The van der Waals surface area contributed by atoms with E-state index < -0.39 is 33.6 Å². The first kappa shape index (κ1) is 22.9. The minimum atomic E-state index is -3.89. The Hall–Kier alpha value is -2.76. The van der Waals surface area contributed by atoms with E-state index in [1.54, 1.807) is 18.2 Å². The predicted octanol–water partition coefficient (Wildman–Crippen LogP) is 2.67. The summed E-state index contributed by atoms with van der Waals surface area (Å²) in [6.07, 6.45) is 0. The van der Waals surface area contributed by atoms with E-state index in [9.17, 15) is 18.0 Å². The Balaban J connectivity index is 2.11. The molecule has 2 N–H and O–H groups in total. The Morgan fingerprint density at radius 3 is 2.42 bits per heavy atom. The molecule has 0 spiro atoms. The first-order valence-electron chi connectivity index (χ1n) is 8.79. The summed E-state index contributed by atoms with van der Waals surface area (Å²) >= 11 is 6.74. The van der Waals surface area contributed by atoms with Crippen LogP contribution in [0.15, 0.2) is 45.8 Å². The van der Waals surface area contributed by atoms with Crippen molar-refractivity contribution in [2.45, 2.75) is 10.3 Å². The molecule has 0 fully saturated rings. The Morgan fingerprint density at radius 2 is 1.84 bits per heavy atom. The fourth-order valence-corrected chi connectivity index (χ4v) is 5.98. The fraction of sp³-hybridized carbons (Fsp3) is 0.263. The highest BCUT2D eigenvalue weighted by Crippen LogP contribution is 2.35. The number of halogens is 1. The van der Waals surface area contributed by atoms with E-state index in [-0.39, 0.29) is 15.5 Å². The number of carbonyl (C=O) groups is 2. The summed E-state index contributed by atoms with van der Waals surface area (Å²) < 4.78 is 41.4. The van der Waals surface area contributed by atoms with E-state index in [0.29, 0.717) is 21.4 Å². The second-order valence-corrected chi connectivity index (χ2v) is 10.3. The van der Waals surface area contributed by atoms with Crippen molar-refractivity contribution in [1.29, 1.82) is 0 Å². The maximum Gasteiger partial charge on any atom is 0.338 e. The summed E-state index contributed by atoms with van der Waals surface area (Å²) in [5.74, 6) is -0.584. The first-order chi connectivity index (χ1) is 14.7. The first-order valence-corrected chi connectivity index (χ1v) is 11.6. The van der Waals surface area contributed by atoms with Crippen molar-refractivity contribution >= 4 is 44.8 Å². The lowest BCUT2D eigenvalue weighted by Crippen LogP contribution is -2.47. The van der Waals surface area contributed by atoms with E-state index in [2.05, 4.69) is 10.6 Å². The number of carbonyl (C=O) groups excluding carboxylic acids is 2. The van der Waals surface area contributed by atoms with Crippen LogP contribution in [-0.2, 0) is 19.4 Å². The van der Waals surface area contributed by atoms with Gasteiger partial charge in [0.05, 0.1) is 43.0 Å². The van der Waals surface area contributed by atoms with Gasteiger partial charge in [0.25, 0.3) is 0 Å². The van der Waals surface area contributed by atoms with Crippen molar-refractivity contribution in [2.24, 2.45) is 0 Å². The van der Waals surface area contributed by atoms with E-state index in [1.807, 2.05) is 0 Å². The van der Waals surface area contributed by atoms with Crippen LogP contribution < -0.4 is 20.1 Å². The standard InChI is InChI=1S/C19H19ClN2O7S2/c1-27-12-5-4-10(8-13(12)28-2)17-16(18(23)29-3)11(21-19(24)22-17)9-31(25,26)15-7-6-14(20)30-15/h4-8,17H,9H2,1-3H3,(H2,21,22,24)/t17-/m1/s1. The van der Waals surface area contributed by atoms with Crippen LogP contribution in [-0.4, -0.2) is 47.5 Å². The maximum absolute atomic E-state index is 12.9. The van der Waals surface area contributed by atoms with Gasteiger partial charge in [-0.15, -0.1) is 11.3 Å². The van der Waals surface area contributed by atoms with Gasteiger partial charge in [-0.3, -0.25) is 0 Å². The molecule has 0 unspecified atom stereocenters. The third kappa shape index (κ3) is 4.78. The van der Waals surface area contributed by atoms with Crippen molar-refractivity contribution in [3.8, 4) is 11.5 Å². The highest BCUT2D eigenvalue weighted by atomic mass is 35.5. The van der Waals surface area contributed by atoms with E-state index in [0.717, 1.165) is 11.3 Å². The third-order valence-corrected chi connectivity index (χ3v) is 7.94. The molecule has 0 saturated heterocycles. The number of hydrogen-bond donors (Lipinski definition) is 2. The quantitative estimate of drug-likeness (QED) is 0.577. The number of nitrogens with one attached hydrogen (secondary N) is 2. The highest BCUT2D eigenvalue weighted by Gasteiger charge is 2.36. The van der Waals surface area contributed by atoms with E-state index in [4.69, 9.17) is 25.8 Å². The van der Waals surface area contributed by atoms with Crippen molar-refractivity contribution in [3.05, 3.63) is 51.5 Å². The Kier molecular flexibility index (Phi) is 6.77. The summed E-state index contributed by atoms with van der Waals surface area (Å²) in [5.41, 5.74) is 0.349. The summed E-state index contributed by atoms with van der Waals surface area (Å²) in [4.78, 5) is 25.0. The van der Waals surface area contributed by atoms with Gasteiger partial charge in [0.1, 0.15) is 4.21 Å². The smallest absolute Gasteiger partial charge is 0.338 e. The molecule has 2 heterocycles. The summed E-state index contributed by atoms with van der Waals surface area (Å²) in [5, 5.41) is 5.06. The lowest BCUT2D eigenvalue weighted by molar-refractivity contribution is -0.136. The third-order valence-electron chi connectivity index (χ3n) is 4.49. The van der Waals surface area contributed by atoms with Crippen molar-refractivity contribution in [1.82, 2.24) is 10.6 Å². The zero-order chi connectivity index (χ0) is 22.8. The summed E-state index contributed by atoms with van der Waals surface area (Å²) in [7, 11) is 0.208. The number of hydrogen-bond acceptors (Lipinski definition) is 8. The molecule has 0 bridgehead atoms. The zero-order valence-corrected chi connectivity index (χ0v) is 19.1. The largest absolute Gasteiger partial charge is 0.493 e. The number of methoxy groups -OCH3 is 3. The van der Waals surface area contributed by atoms with Gasteiger partial charge in [0, 0.05) is 5.70 Å². The number of esters is 1. The normalized spacial score (nSPS) is 16.4. The van der Waals surface area contributed by atoms with Crippen molar-refractivity contribution in [2.75, 3.05) is 27.1 Å². The summed E-state index contributed by atoms with van der Waals surface area (Å²) in [6.45, 7) is 0. The number of amides is 2. The molecule has 0 radical (unpaired) electrons. The molecule has 9 nitrogen and oxygen atoms in total. The minimum Gasteiger partial charge on any atom is -0.493 e. The molecule has 3 rings (SSSR count). The molecule has 0 aliphatic carbocycles. The van der Waals surface area contributed by atoms with Gasteiger partial charge in [-0.25, -0.2) is 18.0 Å². The molecular weight excluding hydrogens is 468 g/mol. The number of rotatable bonds is 7. The molecule has 166 valence electrons. The SMILES string of the molecule is COC(=O)C1=C(CS(=O)(=O)c2ccc(Cl)s2)NC(=O)N[C@@H]1c1ccc(OC)c(OC)c1. The van der Waals surface area contributed by atoms with Crippen LogP contribution in [0.5, 0.6) is 11.5 Å². The minimum absolute atomic E-state index is 0.0182. The van der Waals surface area contributed by atoms with Gasteiger partial charge in [-0.2, -0.15) is 0 Å². The Morgan fingerprint density at radius 1 is 1.13 bits per heavy atom. The molecule has 1 aromatic carbocycles.